The van der Waals surface area contributed by atoms with E-state index in [2.05, 4.69) is 22.2 Å². The monoisotopic (exact) mass is 436 g/mol. The number of nitrogens with one attached hydrogen (secondary N) is 1. The van der Waals surface area contributed by atoms with Gasteiger partial charge in [0, 0.05) is 12.2 Å². The molecule has 3 aromatic rings. The van der Waals surface area contributed by atoms with E-state index in [4.69, 9.17) is 5.73 Å². The summed E-state index contributed by atoms with van der Waals surface area (Å²) in [6.45, 7) is 3.74. The Balaban J connectivity index is 1.62. The first-order chi connectivity index (χ1) is 15.3. The second-order valence-corrected chi connectivity index (χ2v) is 8.65. The van der Waals surface area contributed by atoms with Gasteiger partial charge in [-0.05, 0) is 73.4 Å². The highest BCUT2D eigenvalue weighted by molar-refractivity contribution is 6.03. The van der Waals surface area contributed by atoms with Gasteiger partial charge in [0.2, 0.25) is 0 Å². The van der Waals surface area contributed by atoms with Crippen LogP contribution in [-0.4, -0.2) is 21.9 Å². The molecule has 0 spiro atoms. The number of nitrogens with zero attached hydrogens (tertiary/aromatic N) is 2. The summed E-state index contributed by atoms with van der Waals surface area (Å²) in [5.74, 6) is -1.16. The molecule has 2 aromatic heterocycles. The number of amides is 1. The molecular weight excluding hydrogens is 410 g/mol. The Morgan fingerprint density at radius 3 is 2.72 bits per heavy atom. The van der Waals surface area contributed by atoms with Crippen molar-refractivity contribution in [1.82, 2.24) is 9.97 Å². The molecule has 4 rings (SSSR count). The number of benzene rings is 1. The van der Waals surface area contributed by atoms with Crippen molar-refractivity contribution in [1.29, 1.82) is 0 Å². The zero-order valence-electron chi connectivity index (χ0n) is 18.1. The Hall–Kier alpha value is -3.19. The summed E-state index contributed by atoms with van der Waals surface area (Å²) in [6.07, 6.45) is 6.14. The number of nitrogens with two attached hydrogens (primary N) is 1. The molecule has 0 bridgehead atoms. The van der Waals surface area contributed by atoms with Crippen molar-refractivity contribution in [3.63, 3.8) is 0 Å². The van der Waals surface area contributed by atoms with Crippen LogP contribution in [0.1, 0.15) is 53.7 Å². The maximum absolute atomic E-state index is 14.6. The number of hydrogen-bond acceptors (Lipinski definition) is 4. The predicted octanol–water partition coefficient (Wildman–Crippen LogP) is 5.21. The third kappa shape index (κ3) is 4.53. The number of halogens is 2. The summed E-state index contributed by atoms with van der Waals surface area (Å²) in [7, 11) is 0. The van der Waals surface area contributed by atoms with Crippen LogP contribution in [0.5, 0.6) is 0 Å². The summed E-state index contributed by atoms with van der Waals surface area (Å²) < 4.78 is 28.9. The maximum Gasteiger partial charge on any atom is 0.274 e. The molecule has 1 saturated carbocycles. The Labute approximate surface area is 186 Å². The highest BCUT2D eigenvalue weighted by Crippen LogP contribution is 2.38. The van der Waals surface area contributed by atoms with E-state index >= 15 is 0 Å². The predicted molar refractivity (Wildman–Crippen MR) is 120 cm³/mol. The zero-order chi connectivity index (χ0) is 22.8. The van der Waals surface area contributed by atoms with Gasteiger partial charge in [-0.25, -0.2) is 13.8 Å². The molecule has 2 heterocycles. The molecule has 0 saturated heterocycles. The van der Waals surface area contributed by atoms with E-state index in [9.17, 15) is 13.6 Å². The number of pyridine rings is 2. The van der Waals surface area contributed by atoms with Gasteiger partial charge in [-0.3, -0.25) is 9.78 Å². The van der Waals surface area contributed by atoms with Crippen molar-refractivity contribution in [2.24, 2.45) is 11.7 Å². The number of carbonyl (C=O) groups is 1. The lowest BCUT2D eigenvalue weighted by Gasteiger charge is -2.32. The molecule has 0 radical (unpaired) electrons. The summed E-state index contributed by atoms with van der Waals surface area (Å²) in [5, 5.41) is 2.88. The van der Waals surface area contributed by atoms with Gasteiger partial charge in [-0.15, -0.1) is 0 Å². The minimum absolute atomic E-state index is 0.0614. The van der Waals surface area contributed by atoms with Crippen molar-refractivity contribution in [2.75, 3.05) is 5.32 Å². The molecule has 1 aromatic carbocycles. The SMILES string of the molecule is Cc1ccc(F)c(-c2cccc(C(=O)Nc3cnccc3[C@@H]3C[C@H](C)C[C@@H](N)C3)n2)c1F. The van der Waals surface area contributed by atoms with Crippen LogP contribution in [0.25, 0.3) is 11.3 Å². The fourth-order valence-electron chi connectivity index (χ4n) is 4.55. The fraction of sp³-hybridized carbons (Fsp3) is 0.320. The topological polar surface area (TPSA) is 80.9 Å². The first-order valence-corrected chi connectivity index (χ1v) is 10.8. The van der Waals surface area contributed by atoms with Crippen LogP contribution in [0.15, 0.2) is 48.8 Å². The van der Waals surface area contributed by atoms with Gasteiger partial charge in [0.15, 0.2) is 0 Å². The molecule has 5 nitrogen and oxygen atoms in total. The van der Waals surface area contributed by atoms with Crippen molar-refractivity contribution >= 4 is 11.6 Å². The molecule has 166 valence electrons. The van der Waals surface area contributed by atoms with Crippen LogP contribution >= 0.6 is 0 Å². The van der Waals surface area contributed by atoms with Gasteiger partial charge in [0.1, 0.15) is 17.3 Å². The summed E-state index contributed by atoms with van der Waals surface area (Å²) in [5.41, 5.74) is 8.00. The number of hydrogen-bond donors (Lipinski definition) is 2. The van der Waals surface area contributed by atoms with Crippen LogP contribution in [-0.2, 0) is 0 Å². The third-order valence-electron chi connectivity index (χ3n) is 6.04. The highest BCUT2D eigenvalue weighted by atomic mass is 19.1. The number of anilines is 1. The van der Waals surface area contributed by atoms with Crippen LogP contribution < -0.4 is 11.1 Å². The van der Waals surface area contributed by atoms with E-state index in [1.54, 1.807) is 25.4 Å². The van der Waals surface area contributed by atoms with Crippen LogP contribution in [0, 0.1) is 24.5 Å². The van der Waals surface area contributed by atoms with Crippen molar-refractivity contribution in [3.8, 4) is 11.3 Å². The fourth-order valence-corrected chi connectivity index (χ4v) is 4.55. The lowest BCUT2D eigenvalue weighted by Crippen LogP contribution is -2.31. The van der Waals surface area contributed by atoms with E-state index < -0.39 is 17.5 Å². The van der Waals surface area contributed by atoms with Gasteiger partial charge in [-0.2, -0.15) is 0 Å². The number of rotatable bonds is 4. The number of aryl methyl sites for hydroxylation is 1. The molecule has 1 aliphatic rings. The largest absolute Gasteiger partial charge is 0.328 e. The molecule has 0 aliphatic heterocycles. The first kappa shape index (κ1) is 22.0. The standard InChI is InChI=1S/C25H26F2N4O/c1-14-10-16(12-17(28)11-14)18-8-9-29-13-22(18)31-25(32)21-5-3-4-20(30-21)23-19(26)7-6-15(2)24(23)27/h3-9,13-14,16-17H,10-12,28H2,1-2H3,(H,31,32)/t14-,16+,17+/m0/s1. The molecule has 7 heteroatoms. The van der Waals surface area contributed by atoms with E-state index in [1.807, 2.05) is 6.07 Å². The molecule has 1 amide bonds. The van der Waals surface area contributed by atoms with Crippen LogP contribution in [0.2, 0.25) is 0 Å². The second kappa shape index (κ2) is 9.12. The Morgan fingerprint density at radius 1 is 1.12 bits per heavy atom. The van der Waals surface area contributed by atoms with E-state index in [-0.39, 0.29) is 28.9 Å². The molecular formula is C25H26F2N4O. The quantitative estimate of drug-likeness (QED) is 0.588. The molecule has 1 aliphatic carbocycles. The smallest absolute Gasteiger partial charge is 0.274 e. The average Bonchev–Trinajstić information content (AvgIpc) is 2.76. The Morgan fingerprint density at radius 2 is 1.94 bits per heavy atom. The number of carbonyl (C=O) groups excluding carboxylic acids is 1. The molecule has 32 heavy (non-hydrogen) atoms. The second-order valence-electron chi connectivity index (χ2n) is 8.65. The van der Waals surface area contributed by atoms with E-state index in [0.717, 1.165) is 24.8 Å². The lowest BCUT2D eigenvalue weighted by atomic mass is 9.76. The molecule has 3 atom stereocenters. The summed E-state index contributed by atoms with van der Waals surface area (Å²) in [6, 6.07) is 9.15. The molecule has 0 unspecified atom stereocenters. The van der Waals surface area contributed by atoms with Crippen molar-refractivity contribution in [2.45, 2.75) is 45.1 Å². The van der Waals surface area contributed by atoms with Gasteiger partial charge in [0.05, 0.1) is 23.1 Å². The van der Waals surface area contributed by atoms with Gasteiger partial charge >= 0.3 is 0 Å². The van der Waals surface area contributed by atoms with Crippen molar-refractivity contribution in [3.05, 3.63) is 77.2 Å². The maximum atomic E-state index is 14.6. The Kier molecular flexibility index (Phi) is 6.28. The van der Waals surface area contributed by atoms with Gasteiger partial charge in [-0.1, -0.05) is 19.1 Å². The third-order valence-corrected chi connectivity index (χ3v) is 6.04. The minimum atomic E-state index is -0.726. The normalized spacial score (nSPS) is 20.7. The Bertz CT molecular complexity index is 1140. The summed E-state index contributed by atoms with van der Waals surface area (Å²) in [4.78, 5) is 21.4. The minimum Gasteiger partial charge on any atom is -0.328 e. The average molecular weight is 437 g/mol. The van der Waals surface area contributed by atoms with Gasteiger partial charge in [0.25, 0.3) is 5.91 Å². The van der Waals surface area contributed by atoms with Crippen molar-refractivity contribution < 1.29 is 13.6 Å². The van der Waals surface area contributed by atoms with Crippen LogP contribution in [0.4, 0.5) is 14.5 Å². The first-order valence-electron chi connectivity index (χ1n) is 10.8. The molecule has 1 fully saturated rings. The lowest BCUT2D eigenvalue weighted by molar-refractivity contribution is 0.102. The van der Waals surface area contributed by atoms with Gasteiger partial charge < -0.3 is 11.1 Å². The molecule has 3 N–H and O–H groups in total. The highest BCUT2D eigenvalue weighted by Gasteiger charge is 2.27. The summed E-state index contributed by atoms with van der Waals surface area (Å²) >= 11 is 0. The number of aromatic nitrogens is 2. The van der Waals surface area contributed by atoms with Crippen LogP contribution in [0.3, 0.4) is 0 Å². The van der Waals surface area contributed by atoms with E-state index in [1.165, 1.54) is 24.3 Å². The van der Waals surface area contributed by atoms with E-state index in [0.29, 0.717) is 17.2 Å². The zero-order valence-corrected chi connectivity index (χ0v) is 18.1.